The van der Waals surface area contributed by atoms with Crippen molar-refractivity contribution in [3.8, 4) is 0 Å². The van der Waals surface area contributed by atoms with Gasteiger partial charge in [0, 0.05) is 119 Å². The maximum absolute atomic E-state index is 12.8. The van der Waals surface area contributed by atoms with E-state index in [1.807, 2.05) is 59.7 Å². The van der Waals surface area contributed by atoms with Gasteiger partial charge in [-0.15, -0.1) is 0 Å². The second kappa shape index (κ2) is 26.3. The van der Waals surface area contributed by atoms with Crippen LogP contribution in [0.2, 0.25) is 0 Å². The molecule has 0 saturated heterocycles. The number of carbonyl (C=O) groups is 10. The Hall–Kier alpha value is -10.2. The minimum Gasteiger partial charge on any atom is -0.456 e. The molecule has 468 valence electrons. The molecule has 0 radical (unpaired) electrons. The first kappa shape index (κ1) is 66.2. The number of amides is 1. The SMILES string of the molecule is CC(C)(C)NCCNC(=O)c1ccc2c(c1)C(=O)c1ccccc1C2=O.CC(C)(C)Nc1cccc2c1C(=O)c1ccccc1C2=O.CC(C)(C)OC(=O)c1ccc2c(c1)C(=O)c1ccccc1C2=O.CC(C)(C)OCc1ccc2c(c1)C(=O)c1ccccc1C2=O. The number of hydrogen-bond acceptors (Lipinski definition) is 14. The van der Waals surface area contributed by atoms with Gasteiger partial charge >= 0.3 is 5.97 Å². The Morgan fingerprint density at radius 2 is 0.707 bits per heavy atom. The number of carbonyl (C=O) groups excluding carboxylic acids is 10. The van der Waals surface area contributed by atoms with Crippen molar-refractivity contribution in [2.75, 3.05) is 18.4 Å². The Bertz CT molecular complexity index is 4370. The van der Waals surface area contributed by atoms with Gasteiger partial charge in [-0.05, 0) is 143 Å². The molecule has 92 heavy (non-hydrogen) atoms. The zero-order chi connectivity index (χ0) is 66.8. The van der Waals surface area contributed by atoms with Crippen LogP contribution >= 0.6 is 0 Å². The van der Waals surface area contributed by atoms with Gasteiger partial charge in [-0.2, -0.15) is 0 Å². The van der Waals surface area contributed by atoms with E-state index in [2.05, 4.69) is 36.7 Å². The largest absolute Gasteiger partial charge is 0.456 e. The van der Waals surface area contributed by atoms with Crippen molar-refractivity contribution in [1.29, 1.82) is 0 Å². The van der Waals surface area contributed by atoms with Crippen LogP contribution in [0.1, 0.15) is 237 Å². The highest BCUT2D eigenvalue weighted by Gasteiger charge is 2.35. The Morgan fingerprint density at radius 1 is 0.348 bits per heavy atom. The second-order valence-corrected chi connectivity index (χ2v) is 26.7. The van der Waals surface area contributed by atoms with Crippen LogP contribution in [0.15, 0.2) is 170 Å². The van der Waals surface area contributed by atoms with Gasteiger partial charge in [0.25, 0.3) is 5.91 Å². The quantitative estimate of drug-likeness (QED) is 0.0951. The fourth-order valence-corrected chi connectivity index (χ4v) is 10.7. The lowest BCUT2D eigenvalue weighted by Crippen LogP contribution is -2.41. The van der Waals surface area contributed by atoms with Gasteiger partial charge in [0.1, 0.15) is 5.60 Å². The molecule has 4 aliphatic rings. The van der Waals surface area contributed by atoms with E-state index in [4.69, 9.17) is 9.47 Å². The third-order valence-electron chi connectivity index (χ3n) is 14.9. The Balaban J connectivity index is 0.000000145. The maximum Gasteiger partial charge on any atom is 0.338 e. The number of fused-ring (bicyclic) bond motifs is 8. The molecule has 0 unspecified atom stereocenters. The number of benzene rings is 8. The first-order chi connectivity index (χ1) is 43.3. The number of nitrogens with one attached hydrogen (secondary N) is 3. The normalized spacial score (nSPS) is 13.5. The summed E-state index contributed by atoms with van der Waals surface area (Å²) in [6.07, 6.45) is 0. The third kappa shape index (κ3) is 14.8. The molecule has 12 rings (SSSR count). The van der Waals surface area contributed by atoms with E-state index in [0.29, 0.717) is 109 Å². The second-order valence-electron chi connectivity index (χ2n) is 26.7. The van der Waals surface area contributed by atoms with Crippen molar-refractivity contribution in [1.82, 2.24) is 10.6 Å². The van der Waals surface area contributed by atoms with Crippen molar-refractivity contribution < 1.29 is 57.4 Å². The average molecular weight is 1230 g/mol. The first-order valence-corrected chi connectivity index (χ1v) is 30.3. The van der Waals surface area contributed by atoms with E-state index in [1.165, 1.54) is 24.3 Å². The fraction of sp³-hybridized carbons (Fsp3) is 0.247. The van der Waals surface area contributed by atoms with Crippen LogP contribution in [0.5, 0.6) is 0 Å². The van der Waals surface area contributed by atoms with Gasteiger partial charge in [-0.3, -0.25) is 43.2 Å². The number of esters is 1. The molecule has 0 atom stereocenters. The molecule has 0 heterocycles. The van der Waals surface area contributed by atoms with Crippen LogP contribution in [-0.2, 0) is 16.1 Å². The summed E-state index contributed by atoms with van der Waals surface area (Å²) in [7, 11) is 0. The summed E-state index contributed by atoms with van der Waals surface area (Å²) < 4.78 is 11.1. The van der Waals surface area contributed by atoms with Crippen molar-refractivity contribution >= 4 is 63.8 Å². The molecule has 0 saturated carbocycles. The summed E-state index contributed by atoms with van der Waals surface area (Å²) in [6.45, 7) is 25.0. The van der Waals surface area contributed by atoms with Gasteiger partial charge in [-0.25, -0.2) is 4.79 Å². The average Bonchev–Trinajstić information content (AvgIpc) is 0.785. The zero-order valence-electron chi connectivity index (χ0n) is 53.7. The van der Waals surface area contributed by atoms with Crippen molar-refractivity contribution in [2.24, 2.45) is 0 Å². The minimum absolute atomic E-state index is 0.0171. The summed E-state index contributed by atoms with van der Waals surface area (Å²) in [6, 6.07) is 47.3. The van der Waals surface area contributed by atoms with Gasteiger partial charge in [0.2, 0.25) is 0 Å². The zero-order valence-corrected chi connectivity index (χ0v) is 53.7. The highest BCUT2D eigenvalue weighted by Crippen LogP contribution is 2.35. The minimum atomic E-state index is -0.626. The molecule has 15 nitrogen and oxygen atoms in total. The topological polar surface area (TPSA) is 225 Å². The van der Waals surface area contributed by atoms with E-state index in [1.54, 1.807) is 148 Å². The van der Waals surface area contributed by atoms with E-state index in [9.17, 15) is 47.9 Å². The summed E-state index contributed by atoms with van der Waals surface area (Å²) >= 11 is 0. The monoisotopic (exact) mass is 1230 g/mol. The predicted octanol–water partition coefficient (Wildman–Crippen LogP) is 13.4. The lowest BCUT2D eigenvalue weighted by Gasteiger charge is -2.26. The number of anilines is 1. The summed E-state index contributed by atoms with van der Waals surface area (Å²) in [5.41, 5.74) is 7.79. The molecule has 0 fully saturated rings. The van der Waals surface area contributed by atoms with E-state index < -0.39 is 11.6 Å². The number of rotatable bonds is 8. The fourth-order valence-electron chi connectivity index (χ4n) is 10.7. The molecule has 8 aromatic carbocycles. The summed E-state index contributed by atoms with van der Waals surface area (Å²) in [5, 5.41) is 9.43. The lowest BCUT2D eigenvalue weighted by atomic mass is 9.83. The number of hydrogen-bond donors (Lipinski definition) is 3. The van der Waals surface area contributed by atoms with Crippen molar-refractivity contribution in [3.05, 3.63) is 276 Å². The van der Waals surface area contributed by atoms with Gasteiger partial charge in [0.05, 0.1) is 23.3 Å². The van der Waals surface area contributed by atoms with Crippen LogP contribution in [0, 0.1) is 0 Å². The standard InChI is InChI=1S/C21H22N2O3.C19H16O4.C19H18O3.C18H17NO2/c1-21(2,3)23-11-10-22-20(26)13-8-9-16-17(12-13)19(25)15-7-5-4-6-14(15)18(16)24;1-19(2,3)23-18(22)11-8-9-14-15(10-11)17(21)13-7-5-4-6-12(13)16(14)20;1-19(2,3)22-11-12-8-9-15-16(10-12)18(21)14-7-5-4-6-13(14)17(15)20;1-18(2,3)19-14-10-6-9-13-15(14)17(21)12-8-5-4-7-11(12)16(13)20/h4-9,12,23H,10-11H2,1-3H3,(H,22,26);4-10H,1-3H3;4-10H,11H2,1-3H3;4-10,19H,1-3H3. The Labute approximate surface area is 535 Å². The molecule has 4 aliphatic carbocycles. The molecular formula is C77H73N3O12. The van der Waals surface area contributed by atoms with Crippen LogP contribution in [0.4, 0.5) is 5.69 Å². The molecule has 3 N–H and O–H groups in total. The summed E-state index contributed by atoms with van der Waals surface area (Å²) in [4.78, 5) is 125. The molecule has 0 bridgehead atoms. The van der Waals surface area contributed by atoms with E-state index >= 15 is 0 Å². The van der Waals surface area contributed by atoms with Gasteiger partial charge in [0.15, 0.2) is 46.3 Å². The van der Waals surface area contributed by atoms with Crippen LogP contribution in [-0.4, -0.2) is 93.5 Å². The first-order valence-electron chi connectivity index (χ1n) is 30.3. The van der Waals surface area contributed by atoms with Crippen molar-refractivity contribution in [3.63, 3.8) is 0 Å². The van der Waals surface area contributed by atoms with Crippen LogP contribution in [0.3, 0.4) is 0 Å². The summed E-state index contributed by atoms with van der Waals surface area (Å²) in [5.74, 6) is -1.99. The molecule has 0 spiro atoms. The van der Waals surface area contributed by atoms with Gasteiger partial charge < -0.3 is 25.4 Å². The highest BCUT2D eigenvalue weighted by atomic mass is 16.6. The van der Waals surface area contributed by atoms with Crippen LogP contribution in [0.25, 0.3) is 0 Å². The Kier molecular flexibility index (Phi) is 18.9. The van der Waals surface area contributed by atoms with E-state index in [0.717, 1.165) is 5.56 Å². The molecular weight excluding hydrogens is 1160 g/mol. The predicted molar refractivity (Wildman–Crippen MR) is 352 cm³/mol. The molecule has 8 aromatic rings. The van der Waals surface area contributed by atoms with E-state index in [-0.39, 0.29) is 85.5 Å². The maximum atomic E-state index is 12.8. The highest BCUT2D eigenvalue weighted by molar-refractivity contribution is 6.32. The molecule has 1 amide bonds. The van der Waals surface area contributed by atoms with Crippen LogP contribution < -0.4 is 16.0 Å². The number of ketones is 8. The van der Waals surface area contributed by atoms with Gasteiger partial charge in [-0.1, -0.05) is 115 Å². The molecule has 15 heteroatoms. The van der Waals surface area contributed by atoms with Crippen molar-refractivity contribution in [2.45, 2.75) is 112 Å². The number of ether oxygens (including phenoxy) is 2. The smallest absolute Gasteiger partial charge is 0.338 e. The molecule has 0 aromatic heterocycles. The molecule has 0 aliphatic heterocycles. The third-order valence-corrected chi connectivity index (χ3v) is 14.9. The Morgan fingerprint density at radius 3 is 1.12 bits per heavy atom. The lowest BCUT2D eigenvalue weighted by molar-refractivity contribution is -0.0150.